The molecule has 2 N–H and O–H groups in total. The lowest BCUT2D eigenvalue weighted by Gasteiger charge is -2.10. The highest BCUT2D eigenvalue weighted by molar-refractivity contribution is 5.70. The molecule has 0 unspecified atom stereocenters. The Hall–Kier alpha value is -1.86. The Morgan fingerprint density at radius 1 is 1.50 bits per heavy atom. The molecule has 0 radical (unpaired) electrons. The summed E-state index contributed by atoms with van der Waals surface area (Å²) in [4.78, 5) is 11.2. The van der Waals surface area contributed by atoms with E-state index in [1.807, 2.05) is 6.07 Å². The van der Waals surface area contributed by atoms with Gasteiger partial charge in [-0.1, -0.05) is 12.1 Å². The second-order valence-electron chi connectivity index (χ2n) is 3.35. The Labute approximate surface area is 94.6 Å². The molecule has 1 atom stereocenters. The molecule has 0 aliphatic rings. The number of hydrogen-bond donors (Lipinski definition) is 1. The Balaban J connectivity index is 2.63. The van der Waals surface area contributed by atoms with Gasteiger partial charge in [0.2, 0.25) is 0 Å². The number of carbonyl (C=O) groups excluding carboxylic acids is 1. The molecule has 0 spiro atoms. The van der Waals surface area contributed by atoms with Crippen LogP contribution in [0.5, 0.6) is 0 Å². The Morgan fingerprint density at radius 3 is 2.62 bits per heavy atom. The first-order valence-corrected chi connectivity index (χ1v) is 5.08. The number of nitrogens with zero attached hydrogens (tertiary/aromatic N) is 1. The first-order valence-electron chi connectivity index (χ1n) is 5.08. The summed E-state index contributed by atoms with van der Waals surface area (Å²) >= 11 is 0. The smallest absolute Gasteiger partial charge is 0.307 e. The standard InChI is InChI=1S/C12H14N2O2/c1-2-16-12(15)7-11(14)10-5-3-9(8-13)4-6-10/h3-6,11H,2,7,14H2,1H3/t11-/m0/s1. The minimum atomic E-state index is -0.383. The van der Waals surface area contributed by atoms with Gasteiger partial charge in [0, 0.05) is 6.04 Å². The van der Waals surface area contributed by atoms with E-state index in [-0.39, 0.29) is 18.4 Å². The van der Waals surface area contributed by atoms with Crippen LogP contribution in [-0.4, -0.2) is 12.6 Å². The van der Waals surface area contributed by atoms with E-state index < -0.39 is 0 Å². The number of rotatable bonds is 4. The SMILES string of the molecule is CCOC(=O)C[C@H](N)c1ccc(C#N)cc1. The van der Waals surface area contributed by atoms with Gasteiger partial charge in [0.05, 0.1) is 24.7 Å². The molecule has 0 saturated heterocycles. The molecule has 84 valence electrons. The van der Waals surface area contributed by atoms with Gasteiger partial charge >= 0.3 is 5.97 Å². The molecule has 0 aliphatic carbocycles. The molecule has 0 amide bonds. The van der Waals surface area contributed by atoms with Crippen LogP contribution >= 0.6 is 0 Å². The monoisotopic (exact) mass is 218 g/mol. The number of nitrogens with two attached hydrogens (primary N) is 1. The van der Waals surface area contributed by atoms with Crippen molar-refractivity contribution in [1.82, 2.24) is 0 Å². The van der Waals surface area contributed by atoms with Crippen molar-refractivity contribution in [2.24, 2.45) is 5.73 Å². The molecule has 0 aliphatic heterocycles. The lowest BCUT2D eigenvalue weighted by Crippen LogP contribution is -2.17. The number of carbonyl (C=O) groups is 1. The number of benzene rings is 1. The highest BCUT2D eigenvalue weighted by Crippen LogP contribution is 2.15. The summed E-state index contributed by atoms with van der Waals surface area (Å²) in [5, 5.41) is 8.63. The maximum atomic E-state index is 11.2. The van der Waals surface area contributed by atoms with Crippen LogP contribution in [0.15, 0.2) is 24.3 Å². The molecule has 0 saturated carbocycles. The Kier molecular flexibility index (Phi) is 4.49. The molecule has 4 nitrogen and oxygen atoms in total. The zero-order valence-electron chi connectivity index (χ0n) is 9.14. The van der Waals surface area contributed by atoms with Crippen molar-refractivity contribution in [3.8, 4) is 6.07 Å². The van der Waals surface area contributed by atoms with Crippen LogP contribution in [0.4, 0.5) is 0 Å². The summed E-state index contributed by atoms with van der Waals surface area (Å²) in [7, 11) is 0. The van der Waals surface area contributed by atoms with E-state index in [0.717, 1.165) is 5.56 Å². The third-order valence-corrected chi connectivity index (χ3v) is 2.16. The molecular formula is C12H14N2O2. The fourth-order valence-electron chi connectivity index (χ4n) is 1.32. The van der Waals surface area contributed by atoms with E-state index in [1.54, 1.807) is 31.2 Å². The summed E-state index contributed by atoms with van der Waals surface area (Å²) in [6.45, 7) is 2.12. The van der Waals surface area contributed by atoms with Crippen molar-refractivity contribution >= 4 is 5.97 Å². The van der Waals surface area contributed by atoms with Crippen molar-refractivity contribution in [1.29, 1.82) is 5.26 Å². The molecule has 0 heterocycles. The van der Waals surface area contributed by atoms with Crippen LogP contribution in [0, 0.1) is 11.3 Å². The van der Waals surface area contributed by atoms with E-state index in [1.165, 1.54) is 0 Å². The molecule has 1 aromatic carbocycles. The highest BCUT2D eigenvalue weighted by atomic mass is 16.5. The van der Waals surface area contributed by atoms with E-state index in [4.69, 9.17) is 15.7 Å². The first-order chi connectivity index (χ1) is 7.67. The second-order valence-corrected chi connectivity index (χ2v) is 3.35. The Morgan fingerprint density at radius 2 is 2.12 bits per heavy atom. The molecule has 1 rings (SSSR count). The third kappa shape index (κ3) is 3.37. The maximum Gasteiger partial charge on any atom is 0.307 e. The van der Waals surface area contributed by atoms with Crippen LogP contribution in [0.2, 0.25) is 0 Å². The second kappa shape index (κ2) is 5.89. The Bertz CT molecular complexity index is 392. The predicted molar refractivity (Wildman–Crippen MR) is 59.3 cm³/mol. The van der Waals surface area contributed by atoms with E-state index in [9.17, 15) is 4.79 Å². The number of ether oxygens (including phenoxy) is 1. The van der Waals surface area contributed by atoms with Gasteiger partial charge in [-0.15, -0.1) is 0 Å². The normalized spacial score (nSPS) is 11.6. The number of esters is 1. The number of hydrogen-bond acceptors (Lipinski definition) is 4. The average molecular weight is 218 g/mol. The number of nitriles is 1. The minimum absolute atomic E-state index is 0.153. The summed E-state index contributed by atoms with van der Waals surface area (Å²) in [5.41, 5.74) is 7.24. The van der Waals surface area contributed by atoms with Crippen LogP contribution < -0.4 is 5.73 Å². The molecule has 1 aromatic rings. The van der Waals surface area contributed by atoms with Crippen molar-refractivity contribution in [3.63, 3.8) is 0 Å². The molecule has 0 bridgehead atoms. The van der Waals surface area contributed by atoms with Crippen molar-refractivity contribution < 1.29 is 9.53 Å². The zero-order valence-corrected chi connectivity index (χ0v) is 9.14. The summed E-state index contributed by atoms with van der Waals surface area (Å²) in [6, 6.07) is 8.51. The van der Waals surface area contributed by atoms with Gasteiger partial charge in [-0.05, 0) is 24.6 Å². The molecule has 16 heavy (non-hydrogen) atoms. The van der Waals surface area contributed by atoms with Crippen LogP contribution in [0.1, 0.15) is 30.5 Å². The van der Waals surface area contributed by atoms with E-state index >= 15 is 0 Å². The highest BCUT2D eigenvalue weighted by Gasteiger charge is 2.12. The van der Waals surface area contributed by atoms with Gasteiger partial charge in [0.25, 0.3) is 0 Å². The van der Waals surface area contributed by atoms with Crippen molar-refractivity contribution in [2.45, 2.75) is 19.4 Å². The zero-order chi connectivity index (χ0) is 12.0. The average Bonchev–Trinajstić information content (AvgIpc) is 2.29. The van der Waals surface area contributed by atoms with Crippen molar-refractivity contribution in [2.75, 3.05) is 6.61 Å². The van der Waals surface area contributed by atoms with E-state index in [0.29, 0.717) is 12.2 Å². The summed E-state index contributed by atoms with van der Waals surface area (Å²) < 4.78 is 4.81. The van der Waals surface area contributed by atoms with Crippen LogP contribution in [0.25, 0.3) is 0 Å². The quantitative estimate of drug-likeness (QED) is 0.777. The van der Waals surface area contributed by atoms with Gasteiger partial charge in [-0.3, -0.25) is 4.79 Å². The molecule has 0 fully saturated rings. The van der Waals surface area contributed by atoms with Gasteiger partial charge in [-0.25, -0.2) is 0 Å². The van der Waals surface area contributed by atoms with Crippen LogP contribution in [-0.2, 0) is 9.53 Å². The molecular weight excluding hydrogens is 204 g/mol. The van der Waals surface area contributed by atoms with Gasteiger partial charge in [0.1, 0.15) is 0 Å². The van der Waals surface area contributed by atoms with Gasteiger partial charge in [-0.2, -0.15) is 5.26 Å². The van der Waals surface area contributed by atoms with Gasteiger partial charge in [0.15, 0.2) is 0 Å². The third-order valence-electron chi connectivity index (χ3n) is 2.16. The maximum absolute atomic E-state index is 11.2. The topological polar surface area (TPSA) is 76.1 Å². The van der Waals surface area contributed by atoms with Gasteiger partial charge < -0.3 is 10.5 Å². The molecule has 0 aromatic heterocycles. The fourth-order valence-corrected chi connectivity index (χ4v) is 1.32. The first kappa shape index (κ1) is 12.2. The largest absolute Gasteiger partial charge is 0.466 e. The lowest BCUT2D eigenvalue weighted by atomic mass is 10.0. The van der Waals surface area contributed by atoms with Crippen LogP contribution in [0.3, 0.4) is 0 Å². The van der Waals surface area contributed by atoms with Crippen molar-refractivity contribution in [3.05, 3.63) is 35.4 Å². The minimum Gasteiger partial charge on any atom is -0.466 e. The van der Waals surface area contributed by atoms with E-state index in [2.05, 4.69) is 0 Å². The fraction of sp³-hybridized carbons (Fsp3) is 0.333. The predicted octanol–water partition coefficient (Wildman–Crippen LogP) is 1.51. The molecule has 4 heteroatoms. The summed E-state index contributed by atoms with van der Waals surface area (Å²) in [5.74, 6) is -0.306. The lowest BCUT2D eigenvalue weighted by molar-refractivity contribution is -0.143. The summed E-state index contributed by atoms with van der Waals surface area (Å²) in [6.07, 6.45) is 0.153.